The summed E-state index contributed by atoms with van der Waals surface area (Å²) >= 11 is 0. The Morgan fingerprint density at radius 3 is 2.81 bits per heavy atom. The summed E-state index contributed by atoms with van der Waals surface area (Å²) in [5.74, 6) is 0.245. The summed E-state index contributed by atoms with van der Waals surface area (Å²) < 4.78 is 66.0. The van der Waals surface area contributed by atoms with Gasteiger partial charge in [0, 0.05) is 16.4 Å². The standard InChI is InChI=1S/C16H18FN2O7P/c1-16(17)13(21)11(9-24-27(23)26-10-5-3-2-4-6-10)25-14(16)19-8-7-12(20)18-15(19)22/h2-8,11,13-14,21,27H,9H2,1H3,(H,18,20,22)/t11-,13-,14-,16-/m1/s1/i1+1D3. The number of nitrogens with zero attached hydrogens (tertiary/aromatic N) is 1. The van der Waals surface area contributed by atoms with E-state index in [2.05, 4.69) is 0 Å². The molecule has 0 saturated carbocycles. The molecule has 1 aromatic carbocycles. The Hall–Kier alpha value is -2.26. The van der Waals surface area contributed by atoms with Crippen molar-refractivity contribution in [3.05, 3.63) is 63.4 Å². The Kier molecular flexibility index (Phi) is 4.54. The van der Waals surface area contributed by atoms with E-state index in [1.54, 1.807) is 18.2 Å². The SMILES string of the molecule is [2H][13C]([2H])([2H])[C@@]1(F)[C@H](O)[C@@H](CO[PH](=O)Oc2ccccc2)O[C@H]1n1ccc(=O)[nH]c1=O. The highest BCUT2D eigenvalue weighted by atomic mass is 31.1. The highest BCUT2D eigenvalue weighted by Gasteiger charge is 2.55. The zero-order valence-electron chi connectivity index (χ0n) is 16.7. The van der Waals surface area contributed by atoms with Crippen LogP contribution in [0.1, 0.15) is 17.2 Å². The molecule has 27 heavy (non-hydrogen) atoms. The molecule has 1 fully saturated rings. The maximum Gasteiger partial charge on any atom is 0.367 e. The predicted molar refractivity (Wildman–Crippen MR) is 92.8 cm³/mol. The fourth-order valence-corrected chi connectivity index (χ4v) is 3.22. The monoisotopic (exact) mass is 404 g/mol. The van der Waals surface area contributed by atoms with Crippen LogP contribution in [0.25, 0.3) is 0 Å². The molecule has 0 aliphatic carbocycles. The molecule has 2 aromatic rings. The summed E-state index contributed by atoms with van der Waals surface area (Å²) in [5.41, 5.74) is -5.34. The molecule has 1 aliphatic heterocycles. The summed E-state index contributed by atoms with van der Waals surface area (Å²) in [6, 6.07) is 8.89. The Labute approximate surface area is 157 Å². The van der Waals surface area contributed by atoms with Gasteiger partial charge in [-0.3, -0.25) is 18.9 Å². The number of hydrogen-bond acceptors (Lipinski definition) is 7. The summed E-state index contributed by atoms with van der Waals surface area (Å²) in [6.07, 6.45) is -5.10. The van der Waals surface area contributed by atoms with E-state index in [0.29, 0.717) is 4.57 Å². The number of alkyl halides is 1. The van der Waals surface area contributed by atoms with Crippen LogP contribution < -0.4 is 15.8 Å². The van der Waals surface area contributed by atoms with Crippen molar-refractivity contribution < 1.29 is 32.0 Å². The molecule has 2 N–H and O–H groups in total. The van der Waals surface area contributed by atoms with Gasteiger partial charge in [-0.1, -0.05) is 18.2 Å². The van der Waals surface area contributed by atoms with Gasteiger partial charge in [0.05, 0.1) is 6.61 Å². The molecule has 0 bridgehead atoms. The highest BCUT2D eigenvalue weighted by Crippen LogP contribution is 2.41. The number of aliphatic hydroxyl groups excluding tert-OH is 1. The van der Waals surface area contributed by atoms with Crippen molar-refractivity contribution in [2.24, 2.45) is 0 Å². The normalized spacial score (nSPS) is 30.9. The number of halogens is 1. The van der Waals surface area contributed by atoms with Crippen LogP contribution in [0.2, 0.25) is 0 Å². The molecule has 9 nitrogen and oxygen atoms in total. The highest BCUT2D eigenvalue weighted by molar-refractivity contribution is 7.33. The molecule has 146 valence electrons. The maximum absolute atomic E-state index is 15.6. The van der Waals surface area contributed by atoms with Crippen molar-refractivity contribution in [2.75, 3.05) is 6.61 Å². The van der Waals surface area contributed by atoms with Gasteiger partial charge in [-0.15, -0.1) is 0 Å². The molecule has 1 aliphatic rings. The molecule has 1 saturated heterocycles. The number of rotatable bonds is 6. The third-order valence-electron chi connectivity index (χ3n) is 3.86. The van der Waals surface area contributed by atoms with E-state index in [-0.39, 0.29) is 5.75 Å². The molecular formula is C16H18FN2O7P. The zero-order chi connectivity index (χ0) is 22.1. The second-order valence-electron chi connectivity index (χ2n) is 5.73. The van der Waals surface area contributed by atoms with E-state index in [4.69, 9.17) is 17.9 Å². The van der Waals surface area contributed by atoms with E-state index in [0.717, 1.165) is 12.3 Å². The topological polar surface area (TPSA) is 120 Å². The molecule has 11 heteroatoms. The lowest BCUT2D eigenvalue weighted by atomic mass is 10.0. The lowest BCUT2D eigenvalue weighted by Crippen LogP contribution is -2.43. The quantitative estimate of drug-likeness (QED) is 0.545. The molecule has 0 amide bonds. The summed E-state index contributed by atoms with van der Waals surface area (Å²) in [7, 11) is -3.14. The van der Waals surface area contributed by atoms with Crippen LogP contribution in [-0.2, 0) is 13.8 Å². The van der Waals surface area contributed by atoms with Crippen molar-refractivity contribution in [1.29, 1.82) is 0 Å². The molecule has 0 radical (unpaired) electrons. The fraction of sp³-hybridized carbons (Fsp3) is 0.375. The number of nitrogens with one attached hydrogen (secondary N) is 1. The van der Waals surface area contributed by atoms with Gasteiger partial charge in [-0.2, -0.15) is 0 Å². The van der Waals surface area contributed by atoms with E-state index in [9.17, 15) is 19.3 Å². The number of hydrogen-bond donors (Lipinski definition) is 2. The average molecular weight is 404 g/mol. The van der Waals surface area contributed by atoms with Crippen molar-refractivity contribution in [3.8, 4) is 5.75 Å². The van der Waals surface area contributed by atoms with Crippen LogP contribution in [-0.4, -0.2) is 39.1 Å². The van der Waals surface area contributed by atoms with Crippen LogP contribution in [0, 0.1) is 0 Å². The molecule has 1 aromatic heterocycles. The third kappa shape index (κ3) is 4.19. The fourth-order valence-electron chi connectivity index (χ4n) is 2.53. The molecule has 5 atom stereocenters. The minimum absolute atomic E-state index is 0.245. The number of ether oxygens (including phenoxy) is 1. The lowest BCUT2D eigenvalue weighted by Gasteiger charge is -2.24. The minimum atomic E-state index is -3.42. The Balaban J connectivity index is 1.81. The van der Waals surface area contributed by atoms with E-state index in [1.807, 2.05) is 4.98 Å². The van der Waals surface area contributed by atoms with Crippen molar-refractivity contribution in [1.82, 2.24) is 9.55 Å². The minimum Gasteiger partial charge on any atom is -0.426 e. The molecule has 2 heterocycles. The first-order chi connectivity index (χ1) is 14.0. The molecule has 0 spiro atoms. The maximum atomic E-state index is 15.6. The van der Waals surface area contributed by atoms with Crippen LogP contribution in [0.3, 0.4) is 0 Å². The molecule has 1 unspecified atom stereocenters. The lowest BCUT2D eigenvalue weighted by molar-refractivity contribution is -0.0586. The Morgan fingerprint density at radius 1 is 1.41 bits per heavy atom. The first-order valence-corrected chi connectivity index (χ1v) is 9.00. The van der Waals surface area contributed by atoms with Crippen LogP contribution in [0.15, 0.2) is 52.2 Å². The van der Waals surface area contributed by atoms with E-state index in [1.165, 1.54) is 12.1 Å². The smallest absolute Gasteiger partial charge is 0.367 e. The van der Waals surface area contributed by atoms with Gasteiger partial charge in [0.2, 0.25) is 0 Å². The van der Waals surface area contributed by atoms with Gasteiger partial charge < -0.3 is 14.4 Å². The Bertz CT molecular complexity index is 1030. The number of para-hydroxylation sites is 1. The van der Waals surface area contributed by atoms with Gasteiger partial charge in [-0.05, 0) is 19.0 Å². The number of benzene rings is 1. The summed E-state index contributed by atoms with van der Waals surface area (Å²) in [4.78, 5) is 25.1. The zero-order valence-corrected chi connectivity index (χ0v) is 14.7. The number of aromatic amines is 1. The van der Waals surface area contributed by atoms with Crippen LogP contribution in [0.4, 0.5) is 4.39 Å². The van der Waals surface area contributed by atoms with Crippen molar-refractivity contribution in [2.45, 2.75) is 31.0 Å². The van der Waals surface area contributed by atoms with Crippen molar-refractivity contribution >= 4 is 8.25 Å². The first kappa shape index (κ1) is 15.8. The average Bonchev–Trinajstić information content (AvgIpc) is 2.93. The van der Waals surface area contributed by atoms with Crippen LogP contribution >= 0.6 is 8.25 Å². The second kappa shape index (κ2) is 7.77. The first-order valence-electron chi connectivity index (χ1n) is 9.27. The largest absolute Gasteiger partial charge is 0.426 e. The third-order valence-corrected chi connectivity index (χ3v) is 4.66. The summed E-state index contributed by atoms with van der Waals surface area (Å²) in [6.45, 7) is -4.09. The number of aromatic nitrogens is 2. The summed E-state index contributed by atoms with van der Waals surface area (Å²) in [5, 5.41) is 10.4. The Morgan fingerprint density at radius 2 is 2.15 bits per heavy atom. The molecule has 3 rings (SSSR count). The number of H-pyrrole nitrogens is 1. The van der Waals surface area contributed by atoms with Gasteiger partial charge >= 0.3 is 13.9 Å². The van der Waals surface area contributed by atoms with Crippen molar-refractivity contribution in [3.63, 3.8) is 0 Å². The van der Waals surface area contributed by atoms with E-state index < -0.39 is 57.1 Å². The van der Waals surface area contributed by atoms with Gasteiger partial charge in [0.1, 0.15) is 18.0 Å². The predicted octanol–water partition coefficient (Wildman–Crippen LogP) is 1.01. The van der Waals surface area contributed by atoms with Gasteiger partial charge in [0.15, 0.2) is 11.9 Å². The second-order valence-corrected chi connectivity index (χ2v) is 6.73. The number of aliphatic hydroxyl groups is 1. The van der Waals surface area contributed by atoms with Gasteiger partial charge in [-0.25, -0.2) is 13.8 Å². The van der Waals surface area contributed by atoms with Gasteiger partial charge in [0.25, 0.3) is 5.56 Å². The van der Waals surface area contributed by atoms with E-state index >= 15 is 4.39 Å². The molecular weight excluding hydrogens is 383 g/mol. The van der Waals surface area contributed by atoms with Crippen LogP contribution in [0.5, 0.6) is 5.75 Å².